The summed E-state index contributed by atoms with van der Waals surface area (Å²) >= 11 is 2.65. The van der Waals surface area contributed by atoms with Crippen molar-refractivity contribution in [1.29, 1.82) is 0 Å². The van der Waals surface area contributed by atoms with E-state index < -0.39 is 0 Å². The van der Waals surface area contributed by atoms with Crippen molar-refractivity contribution in [1.82, 2.24) is 14.7 Å². The van der Waals surface area contributed by atoms with E-state index in [0.717, 1.165) is 22.3 Å². The molecule has 0 amide bonds. The zero-order valence-corrected chi connectivity index (χ0v) is 12.7. The van der Waals surface area contributed by atoms with Crippen molar-refractivity contribution >= 4 is 23.3 Å². The van der Waals surface area contributed by atoms with Crippen molar-refractivity contribution in [2.45, 2.75) is 36.0 Å². The third kappa shape index (κ3) is 3.52. The van der Waals surface area contributed by atoms with Gasteiger partial charge >= 0.3 is 0 Å². The van der Waals surface area contributed by atoms with E-state index >= 15 is 0 Å². The van der Waals surface area contributed by atoms with Crippen LogP contribution >= 0.6 is 23.3 Å². The maximum Gasteiger partial charge on any atom is 0.174 e. The molecule has 19 heavy (non-hydrogen) atoms. The molecule has 1 atom stereocenters. The Balaban J connectivity index is 2.32. The maximum absolute atomic E-state index is 14.1. The molecule has 0 aliphatic rings. The summed E-state index contributed by atoms with van der Waals surface area (Å²) in [6, 6.07) is 5.29. The monoisotopic (exact) mass is 297 g/mol. The van der Waals surface area contributed by atoms with Gasteiger partial charge in [-0.3, -0.25) is 0 Å². The summed E-state index contributed by atoms with van der Waals surface area (Å²) in [5.41, 5.74) is 0.958. The van der Waals surface area contributed by atoms with Crippen LogP contribution in [-0.4, -0.2) is 15.9 Å². The van der Waals surface area contributed by atoms with Crippen molar-refractivity contribution in [3.05, 3.63) is 35.4 Å². The highest BCUT2D eigenvalue weighted by molar-refractivity contribution is 8.01. The summed E-state index contributed by atoms with van der Waals surface area (Å²) in [5, 5.41) is 3.31. The van der Waals surface area contributed by atoms with Gasteiger partial charge < -0.3 is 5.32 Å². The number of hydrogen-bond donors (Lipinski definition) is 1. The molecule has 6 heteroatoms. The Morgan fingerprint density at radius 2 is 2.26 bits per heavy atom. The first-order valence-electron chi connectivity index (χ1n) is 6.11. The molecule has 0 aliphatic heterocycles. The highest BCUT2D eigenvalue weighted by Gasteiger charge is 2.16. The molecule has 1 heterocycles. The van der Waals surface area contributed by atoms with Gasteiger partial charge in [0.2, 0.25) is 0 Å². The predicted molar refractivity (Wildman–Crippen MR) is 77.3 cm³/mol. The van der Waals surface area contributed by atoms with Crippen molar-refractivity contribution in [2.75, 3.05) is 6.54 Å². The van der Waals surface area contributed by atoms with E-state index in [9.17, 15) is 4.39 Å². The Hall–Kier alpha value is -0.980. The number of halogens is 1. The van der Waals surface area contributed by atoms with Crippen LogP contribution in [0.5, 0.6) is 0 Å². The predicted octanol–water partition coefficient (Wildman–Crippen LogP) is 3.81. The minimum Gasteiger partial charge on any atom is -0.310 e. The van der Waals surface area contributed by atoms with Crippen molar-refractivity contribution in [3.8, 4) is 0 Å². The second kappa shape index (κ2) is 6.45. The zero-order chi connectivity index (χ0) is 13.8. The van der Waals surface area contributed by atoms with Crippen LogP contribution in [0.4, 0.5) is 4.39 Å². The maximum atomic E-state index is 14.1. The lowest BCUT2D eigenvalue weighted by Crippen LogP contribution is -2.18. The molecule has 1 N–H and O–H groups in total. The first-order valence-corrected chi connectivity index (χ1v) is 7.70. The molecule has 0 spiro atoms. The lowest BCUT2D eigenvalue weighted by atomic mass is 10.1. The molecule has 1 unspecified atom stereocenters. The van der Waals surface area contributed by atoms with Gasteiger partial charge in [0, 0.05) is 6.04 Å². The van der Waals surface area contributed by atoms with Crippen molar-refractivity contribution in [2.24, 2.45) is 0 Å². The number of nitrogens with zero attached hydrogens (tertiary/aromatic N) is 2. The fourth-order valence-corrected chi connectivity index (χ4v) is 3.61. The Kier molecular flexibility index (Phi) is 4.90. The second-order valence-corrected chi connectivity index (χ2v) is 6.16. The summed E-state index contributed by atoms with van der Waals surface area (Å²) < 4.78 is 18.9. The van der Waals surface area contributed by atoms with E-state index in [-0.39, 0.29) is 11.9 Å². The number of rotatable bonds is 5. The van der Waals surface area contributed by atoms with Crippen LogP contribution in [0.15, 0.2) is 27.4 Å². The van der Waals surface area contributed by atoms with Crippen LogP contribution in [0.2, 0.25) is 0 Å². The van der Waals surface area contributed by atoms with Gasteiger partial charge in [-0.15, -0.1) is 0 Å². The van der Waals surface area contributed by atoms with Gasteiger partial charge in [0.15, 0.2) is 4.34 Å². The molecule has 0 fully saturated rings. The van der Waals surface area contributed by atoms with Crippen LogP contribution in [-0.2, 0) is 0 Å². The summed E-state index contributed by atoms with van der Waals surface area (Å²) in [5.74, 6) is 0.519. The molecule has 0 saturated carbocycles. The molecule has 0 bridgehead atoms. The SMILES string of the molecule is CCNC(C)c1cccc(F)c1Sc1nc(C)ns1. The fraction of sp³-hybridized carbons (Fsp3) is 0.385. The van der Waals surface area contributed by atoms with Crippen LogP contribution in [0.3, 0.4) is 0 Å². The highest BCUT2D eigenvalue weighted by atomic mass is 32.2. The second-order valence-electron chi connectivity index (χ2n) is 4.15. The molecular weight excluding hydrogens is 281 g/mol. The van der Waals surface area contributed by atoms with Crippen LogP contribution < -0.4 is 5.32 Å². The number of aryl methyl sites for hydroxylation is 1. The van der Waals surface area contributed by atoms with Gasteiger partial charge in [-0.1, -0.05) is 30.8 Å². The molecule has 1 aromatic carbocycles. The minimum absolute atomic E-state index is 0.109. The fourth-order valence-electron chi connectivity index (χ4n) is 1.80. The van der Waals surface area contributed by atoms with Crippen molar-refractivity contribution < 1.29 is 4.39 Å². The third-order valence-corrected chi connectivity index (χ3v) is 4.65. The number of nitrogens with one attached hydrogen (secondary N) is 1. The largest absolute Gasteiger partial charge is 0.310 e. The summed E-state index contributed by atoms with van der Waals surface area (Å²) in [7, 11) is 0. The van der Waals surface area contributed by atoms with Gasteiger partial charge in [-0.2, -0.15) is 4.37 Å². The standard InChI is InChI=1S/C13H16FN3S2/c1-4-15-8(2)10-6-5-7-11(14)12(10)18-13-16-9(3)17-19-13/h5-8,15H,4H2,1-3H3. The van der Waals surface area contributed by atoms with E-state index in [0.29, 0.717) is 4.90 Å². The van der Waals surface area contributed by atoms with Gasteiger partial charge in [0.25, 0.3) is 0 Å². The summed E-state index contributed by atoms with van der Waals surface area (Å²) in [4.78, 5) is 4.91. The smallest absolute Gasteiger partial charge is 0.174 e. The topological polar surface area (TPSA) is 37.8 Å². The Morgan fingerprint density at radius 3 is 2.89 bits per heavy atom. The molecule has 0 aliphatic carbocycles. The average Bonchev–Trinajstić information content (AvgIpc) is 2.78. The quantitative estimate of drug-likeness (QED) is 0.910. The third-order valence-electron chi connectivity index (χ3n) is 2.67. The number of aromatic nitrogens is 2. The number of hydrogen-bond acceptors (Lipinski definition) is 5. The Labute approximate surface area is 120 Å². The molecular formula is C13H16FN3S2. The molecule has 1 aromatic heterocycles. The van der Waals surface area contributed by atoms with E-state index in [4.69, 9.17) is 0 Å². The molecule has 3 nitrogen and oxygen atoms in total. The Bertz CT molecular complexity index is 557. The lowest BCUT2D eigenvalue weighted by molar-refractivity contribution is 0.558. The first-order chi connectivity index (χ1) is 9.11. The molecule has 0 radical (unpaired) electrons. The lowest BCUT2D eigenvalue weighted by Gasteiger charge is -2.16. The van der Waals surface area contributed by atoms with Crippen molar-refractivity contribution in [3.63, 3.8) is 0 Å². The summed E-state index contributed by atoms with van der Waals surface area (Å²) in [6.45, 7) is 6.76. The highest BCUT2D eigenvalue weighted by Crippen LogP contribution is 2.36. The van der Waals surface area contributed by atoms with Crippen LogP contribution in [0.25, 0.3) is 0 Å². The summed E-state index contributed by atoms with van der Waals surface area (Å²) in [6.07, 6.45) is 0. The van der Waals surface area contributed by atoms with Crippen LogP contribution in [0.1, 0.15) is 31.3 Å². The van der Waals surface area contributed by atoms with Crippen LogP contribution in [0, 0.1) is 12.7 Å². The Morgan fingerprint density at radius 1 is 1.47 bits per heavy atom. The average molecular weight is 297 g/mol. The zero-order valence-electron chi connectivity index (χ0n) is 11.1. The van der Waals surface area contributed by atoms with E-state index in [2.05, 4.69) is 14.7 Å². The molecule has 2 rings (SSSR count). The van der Waals surface area contributed by atoms with E-state index in [1.807, 2.05) is 26.8 Å². The van der Waals surface area contributed by atoms with E-state index in [1.54, 1.807) is 6.07 Å². The normalized spacial score (nSPS) is 12.6. The molecule has 0 saturated heterocycles. The number of benzene rings is 1. The molecule has 2 aromatic rings. The van der Waals surface area contributed by atoms with Gasteiger partial charge in [-0.05, 0) is 43.6 Å². The van der Waals surface area contributed by atoms with Gasteiger partial charge in [-0.25, -0.2) is 9.37 Å². The molecule has 102 valence electrons. The minimum atomic E-state index is -0.208. The van der Waals surface area contributed by atoms with Gasteiger partial charge in [0.1, 0.15) is 11.6 Å². The first kappa shape index (κ1) is 14.4. The van der Waals surface area contributed by atoms with E-state index in [1.165, 1.54) is 29.4 Å². The van der Waals surface area contributed by atoms with Gasteiger partial charge in [0.05, 0.1) is 4.90 Å².